The molecule has 6 heteroatoms. The maximum Gasteiger partial charge on any atom is 0.246 e. The average Bonchev–Trinajstić information content (AvgIpc) is 3.02. The van der Waals surface area contributed by atoms with Crippen molar-refractivity contribution in [3.8, 4) is 5.75 Å². The molecule has 2 aliphatic rings. The molecule has 0 saturated carbocycles. The molecule has 1 fully saturated rings. The van der Waals surface area contributed by atoms with E-state index >= 15 is 0 Å². The smallest absolute Gasteiger partial charge is 0.246 e. The van der Waals surface area contributed by atoms with Gasteiger partial charge in [-0.3, -0.25) is 9.59 Å². The standard InChI is InChI=1S/C17H17ClN2O3/c18-14-2-3-15-13(8-14)7-11(10-23-15)1-4-16(21)20-6-5-12(9-20)17(19)22/h1-4,7-8,12H,5-6,9-10H2,(H2,19,22)/b4-1+/t12-/m0/s1. The quantitative estimate of drug-likeness (QED) is 0.860. The first-order valence-corrected chi connectivity index (χ1v) is 7.80. The zero-order valence-corrected chi connectivity index (χ0v) is 13.3. The molecule has 2 heterocycles. The second-order valence-electron chi connectivity index (χ2n) is 5.70. The molecular formula is C17H17ClN2O3. The Hall–Kier alpha value is -2.27. The van der Waals surface area contributed by atoms with E-state index in [1.807, 2.05) is 18.2 Å². The molecule has 3 rings (SSSR count). The first kappa shape index (κ1) is 15.6. The van der Waals surface area contributed by atoms with Gasteiger partial charge in [0.1, 0.15) is 12.4 Å². The van der Waals surface area contributed by atoms with Gasteiger partial charge in [-0.05, 0) is 36.3 Å². The maximum atomic E-state index is 12.2. The van der Waals surface area contributed by atoms with E-state index in [4.69, 9.17) is 22.1 Å². The molecule has 0 unspecified atom stereocenters. The molecule has 0 bridgehead atoms. The van der Waals surface area contributed by atoms with Crippen LogP contribution in [0.15, 0.2) is 35.9 Å². The molecule has 1 atom stereocenters. The molecule has 120 valence electrons. The number of carbonyl (C=O) groups excluding carboxylic acids is 2. The minimum atomic E-state index is -0.346. The van der Waals surface area contributed by atoms with Crippen LogP contribution in [-0.4, -0.2) is 36.4 Å². The van der Waals surface area contributed by atoms with Crippen molar-refractivity contribution in [1.29, 1.82) is 0 Å². The van der Waals surface area contributed by atoms with Crippen molar-refractivity contribution in [1.82, 2.24) is 4.90 Å². The van der Waals surface area contributed by atoms with E-state index in [2.05, 4.69) is 0 Å². The van der Waals surface area contributed by atoms with Gasteiger partial charge in [-0.25, -0.2) is 0 Å². The minimum Gasteiger partial charge on any atom is -0.488 e. The van der Waals surface area contributed by atoms with Gasteiger partial charge >= 0.3 is 0 Å². The number of primary amides is 1. The van der Waals surface area contributed by atoms with Gasteiger partial charge < -0.3 is 15.4 Å². The van der Waals surface area contributed by atoms with Crippen LogP contribution in [0.25, 0.3) is 6.08 Å². The summed E-state index contributed by atoms with van der Waals surface area (Å²) in [5, 5.41) is 0.638. The van der Waals surface area contributed by atoms with E-state index in [1.54, 1.807) is 17.0 Å². The highest BCUT2D eigenvalue weighted by Gasteiger charge is 2.28. The van der Waals surface area contributed by atoms with E-state index in [1.165, 1.54) is 6.08 Å². The van der Waals surface area contributed by atoms with Gasteiger partial charge in [-0.1, -0.05) is 17.7 Å². The molecule has 1 saturated heterocycles. The van der Waals surface area contributed by atoms with Gasteiger partial charge in [-0.15, -0.1) is 0 Å². The number of likely N-dealkylation sites (tertiary alicyclic amines) is 1. The van der Waals surface area contributed by atoms with Gasteiger partial charge in [0, 0.05) is 29.8 Å². The minimum absolute atomic E-state index is 0.119. The molecule has 2 aliphatic heterocycles. The topological polar surface area (TPSA) is 72.6 Å². The number of halogens is 1. The van der Waals surface area contributed by atoms with Crippen LogP contribution >= 0.6 is 11.6 Å². The number of fused-ring (bicyclic) bond motifs is 1. The Labute approximate surface area is 139 Å². The summed E-state index contributed by atoms with van der Waals surface area (Å²) in [6.07, 6.45) is 5.83. The summed E-state index contributed by atoms with van der Waals surface area (Å²) in [4.78, 5) is 24.9. The summed E-state index contributed by atoms with van der Waals surface area (Å²) < 4.78 is 5.63. The van der Waals surface area contributed by atoms with Crippen LogP contribution in [-0.2, 0) is 9.59 Å². The van der Waals surface area contributed by atoms with Crippen LogP contribution in [0.1, 0.15) is 12.0 Å². The van der Waals surface area contributed by atoms with E-state index in [0.717, 1.165) is 16.9 Å². The monoisotopic (exact) mass is 332 g/mol. The lowest BCUT2D eigenvalue weighted by Crippen LogP contribution is -2.30. The van der Waals surface area contributed by atoms with Gasteiger partial charge in [0.15, 0.2) is 0 Å². The van der Waals surface area contributed by atoms with Crippen LogP contribution in [0, 0.1) is 5.92 Å². The summed E-state index contributed by atoms with van der Waals surface area (Å²) in [7, 11) is 0. The Morgan fingerprint density at radius 2 is 2.22 bits per heavy atom. The second kappa shape index (κ2) is 6.46. The van der Waals surface area contributed by atoms with Crippen molar-refractivity contribution in [3.63, 3.8) is 0 Å². The number of hydrogen-bond donors (Lipinski definition) is 1. The summed E-state index contributed by atoms with van der Waals surface area (Å²) in [6.45, 7) is 1.36. The van der Waals surface area contributed by atoms with E-state index in [0.29, 0.717) is 31.1 Å². The molecule has 2 N–H and O–H groups in total. The number of ether oxygens (including phenoxy) is 1. The van der Waals surface area contributed by atoms with Crippen LogP contribution in [0.3, 0.4) is 0 Å². The predicted octanol–water partition coefficient (Wildman–Crippen LogP) is 2.01. The number of hydrogen-bond acceptors (Lipinski definition) is 3. The molecule has 1 aromatic rings. The SMILES string of the molecule is NC(=O)[C@H]1CCN(C(=O)/C=C/C2=Cc3cc(Cl)ccc3OC2)C1. The zero-order valence-electron chi connectivity index (χ0n) is 12.5. The van der Waals surface area contributed by atoms with E-state index < -0.39 is 0 Å². The first-order chi connectivity index (χ1) is 11.0. The number of nitrogens with two attached hydrogens (primary N) is 1. The molecule has 0 radical (unpaired) electrons. The van der Waals surface area contributed by atoms with Crippen molar-refractivity contribution >= 4 is 29.5 Å². The average molecular weight is 333 g/mol. The van der Waals surface area contributed by atoms with Crippen LogP contribution < -0.4 is 10.5 Å². The largest absolute Gasteiger partial charge is 0.488 e. The Morgan fingerprint density at radius 1 is 1.39 bits per heavy atom. The fourth-order valence-electron chi connectivity index (χ4n) is 2.74. The summed E-state index contributed by atoms with van der Waals surface area (Å²) >= 11 is 5.98. The van der Waals surface area contributed by atoms with Crippen LogP contribution in [0.4, 0.5) is 0 Å². The number of nitrogens with zero attached hydrogens (tertiary/aromatic N) is 1. The summed E-state index contributed by atoms with van der Waals surface area (Å²) in [5.41, 5.74) is 7.06. The van der Waals surface area contributed by atoms with Crippen molar-refractivity contribution in [2.75, 3.05) is 19.7 Å². The van der Waals surface area contributed by atoms with Crippen molar-refractivity contribution < 1.29 is 14.3 Å². The van der Waals surface area contributed by atoms with Crippen molar-refractivity contribution in [2.45, 2.75) is 6.42 Å². The van der Waals surface area contributed by atoms with Crippen LogP contribution in [0.5, 0.6) is 5.75 Å². The lowest BCUT2D eigenvalue weighted by molar-refractivity contribution is -0.125. The lowest BCUT2D eigenvalue weighted by Gasteiger charge is -2.17. The van der Waals surface area contributed by atoms with Crippen molar-refractivity contribution in [2.24, 2.45) is 11.7 Å². The number of rotatable bonds is 3. The number of carbonyl (C=O) groups is 2. The third-order valence-electron chi connectivity index (χ3n) is 4.05. The fourth-order valence-corrected chi connectivity index (χ4v) is 2.92. The molecule has 2 amide bonds. The van der Waals surface area contributed by atoms with E-state index in [9.17, 15) is 9.59 Å². The molecular weight excluding hydrogens is 316 g/mol. The summed E-state index contributed by atoms with van der Waals surface area (Å²) in [6, 6.07) is 5.43. The molecule has 23 heavy (non-hydrogen) atoms. The predicted molar refractivity (Wildman–Crippen MR) is 87.9 cm³/mol. The third-order valence-corrected chi connectivity index (χ3v) is 4.28. The summed E-state index contributed by atoms with van der Waals surface area (Å²) in [5.74, 6) is 0.0769. The van der Waals surface area contributed by atoms with Gasteiger partial charge in [0.2, 0.25) is 11.8 Å². The van der Waals surface area contributed by atoms with E-state index in [-0.39, 0.29) is 17.7 Å². The number of amides is 2. The highest BCUT2D eigenvalue weighted by atomic mass is 35.5. The normalized spacial score (nSPS) is 20.1. The number of benzene rings is 1. The Balaban J connectivity index is 1.66. The maximum absolute atomic E-state index is 12.2. The second-order valence-corrected chi connectivity index (χ2v) is 6.13. The first-order valence-electron chi connectivity index (χ1n) is 7.42. The third kappa shape index (κ3) is 3.56. The highest BCUT2D eigenvalue weighted by molar-refractivity contribution is 6.30. The molecule has 0 spiro atoms. The molecule has 0 aliphatic carbocycles. The Kier molecular flexibility index (Phi) is 4.39. The molecule has 0 aromatic heterocycles. The lowest BCUT2D eigenvalue weighted by atomic mass is 10.1. The van der Waals surface area contributed by atoms with Crippen molar-refractivity contribution in [3.05, 3.63) is 46.5 Å². The highest BCUT2D eigenvalue weighted by Crippen LogP contribution is 2.29. The molecule has 5 nitrogen and oxygen atoms in total. The van der Waals surface area contributed by atoms with Gasteiger partial charge in [0.25, 0.3) is 0 Å². The molecule has 1 aromatic carbocycles. The van der Waals surface area contributed by atoms with Gasteiger partial charge in [0.05, 0.1) is 5.92 Å². The Morgan fingerprint density at radius 3 is 2.96 bits per heavy atom. The zero-order chi connectivity index (χ0) is 16.4. The fraction of sp³-hybridized carbons (Fsp3) is 0.294. The van der Waals surface area contributed by atoms with Crippen LogP contribution in [0.2, 0.25) is 5.02 Å². The Bertz CT molecular complexity index is 712. The van der Waals surface area contributed by atoms with Gasteiger partial charge in [-0.2, -0.15) is 0 Å².